The molecular formula is C29H45F6N7O2. The number of allylic oxidation sites excluding steroid dienone is 2. The molecule has 0 fully saturated rings. The van der Waals surface area contributed by atoms with Crippen LogP contribution in [0.2, 0.25) is 0 Å². The third-order valence-electron chi connectivity index (χ3n) is 6.57. The maximum Gasteiger partial charge on any atom is 0.435 e. The summed E-state index contributed by atoms with van der Waals surface area (Å²) in [4.78, 5) is 3.54. The van der Waals surface area contributed by atoms with E-state index in [1.165, 1.54) is 57.1 Å². The number of aryl methyl sites for hydroxylation is 4. The molecule has 0 saturated carbocycles. The SMILES string of the molecule is CC/C(=C(/C)C=NC)C(F)(F)F.Cc1cn(CCO)nc1C(F)(F)F.Cc1cnn(C)c1C.Cc1nn(CCO)c(C)c1C. The van der Waals surface area contributed by atoms with E-state index in [9.17, 15) is 26.3 Å². The van der Waals surface area contributed by atoms with Gasteiger partial charge in [-0.25, -0.2) is 0 Å². The molecular weight excluding hydrogens is 592 g/mol. The number of aliphatic imine (C=N–C) groups is 1. The van der Waals surface area contributed by atoms with Crippen LogP contribution in [0.5, 0.6) is 0 Å². The predicted octanol–water partition coefficient (Wildman–Crippen LogP) is 6.02. The first-order chi connectivity index (χ1) is 20.3. The highest BCUT2D eigenvalue weighted by Gasteiger charge is 2.36. The van der Waals surface area contributed by atoms with Crippen LogP contribution in [0.1, 0.15) is 59.7 Å². The van der Waals surface area contributed by atoms with Gasteiger partial charge in [-0.05, 0) is 77.2 Å². The average Bonchev–Trinajstić information content (AvgIpc) is 3.52. The highest BCUT2D eigenvalue weighted by Crippen LogP contribution is 2.30. The number of nitrogens with zero attached hydrogens (tertiary/aromatic N) is 7. The summed E-state index contributed by atoms with van der Waals surface area (Å²) in [5, 5.41) is 28.8. The molecule has 44 heavy (non-hydrogen) atoms. The highest BCUT2D eigenvalue weighted by molar-refractivity contribution is 5.79. The number of aromatic nitrogens is 6. The molecule has 250 valence electrons. The fourth-order valence-electron chi connectivity index (χ4n) is 3.70. The van der Waals surface area contributed by atoms with E-state index >= 15 is 0 Å². The van der Waals surface area contributed by atoms with E-state index in [1.54, 1.807) is 0 Å². The lowest BCUT2D eigenvalue weighted by Crippen LogP contribution is -2.13. The Morgan fingerprint density at radius 1 is 0.909 bits per heavy atom. The van der Waals surface area contributed by atoms with E-state index in [0.29, 0.717) is 6.54 Å². The zero-order valence-electron chi connectivity index (χ0n) is 27.1. The molecule has 9 nitrogen and oxygen atoms in total. The van der Waals surface area contributed by atoms with Crippen LogP contribution < -0.4 is 0 Å². The van der Waals surface area contributed by atoms with Crippen molar-refractivity contribution in [1.29, 1.82) is 0 Å². The van der Waals surface area contributed by atoms with Gasteiger partial charge in [-0.1, -0.05) is 6.92 Å². The Labute approximate surface area is 254 Å². The van der Waals surface area contributed by atoms with E-state index in [1.807, 2.05) is 43.4 Å². The Morgan fingerprint density at radius 2 is 1.48 bits per heavy atom. The minimum Gasteiger partial charge on any atom is -0.394 e. The molecule has 0 amide bonds. The number of alkyl halides is 6. The van der Waals surface area contributed by atoms with Crippen molar-refractivity contribution in [2.24, 2.45) is 12.0 Å². The van der Waals surface area contributed by atoms with Crippen LogP contribution in [0.4, 0.5) is 26.3 Å². The van der Waals surface area contributed by atoms with E-state index in [2.05, 4.69) is 34.1 Å². The molecule has 0 atom stereocenters. The molecule has 0 saturated heterocycles. The van der Waals surface area contributed by atoms with Crippen LogP contribution in [0.25, 0.3) is 0 Å². The number of halogens is 6. The number of aliphatic hydroxyl groups is 2. The molecule has 3 aromatic rings. The van der Waals surface area contributed by atoms with Gasteiger partial charge in [-0.15, -0.1) is 0 Å². The number of aliphatic hydroxyl groups excluding tert-OH is 2. The third-order valence-corrected chi connectivity index (χ3v) is 6.57. The van der Waals surface area contributed by atoms with Crippen LogP contribution >= 0.6 is 0 Å². The fourth-order valence-corrected chi connectivity index (χ4v) is 3.70. The molecule has 0 bridgehead atoms. The standard InChI is InChI=1S/C8H12F3N.C8H14N2O.C7H9F3N2O.C6H10N2/c1-4-7(8(9,10)11)6(2)5-12-3;1-6-7(2)9-10(4-5-11)8(6)3;1-5-4-12(2-3-13)11-6(5)7(8,9)10;1-5-4-7-8(3)6(5)2/h5H,4H2,1-3H3;11H,4-5H2,1-3H3;4,13H,2-3H2,1H3;4H,1-3H3/b7-6+,12-5?;;;. The van der Waals surface area contributed by atoms with Gasteiger partial charge in [-0.2, -0.15) is 41.6 Å². The predicted molar refractivity (Wildman–Crippen MR) is 159 cm³/mol. The van der Waals surface area contributed by atoms with Gasteiger partial charge in [0.05, 0.1) is 38.2 Å². The smallest absolute Gasteiger partial charge is 0.394 e. The topological polar surface area (TPSA) is 106 Å². The number of rotatable bonds is 6. The van der Waals surface area contributed by atoms with Crippen molar-refractivity contribution in [3.8, 4) is 0 Å². The first kappa shape index (κ1) is 40.5. The first-order valence-corrected chi connectivity index (χ1v) is 13.7. The zero-order chi connectivity index (χ0) is 34.4. The quantitative estimate of drug-likeness (QED) is 0.254. The molecule has 3 heterocycles. The summed E-state index contributed by atoms with van der Waals surface area (Å²) in [7, 11) is 3.40. The third kappa shape index (κ3) is 13.0. The van der Waals surface area contributed by atoms with E-state index in [-0.39, 0.29) is 37.3 Å². The lowest BCUT2D eigenvalue weighted by Gasteiger charge is -2.10. The fraction of sp³-hybridized carbons (Fsp3) is 0.586. The van der Waals surface area contributed by atoms with Crippen LogP contribution in [-0.2, 0) is 26.3 Å². The summed E-state index contributed by atoms with van der Waals surface area (Å²) in [6.07, 6.45) is -4.28. The Hall–Kier alpha value is -3.46. The largest absolute Gasteiger partial charge is 0.435 e. The Bertz CT molecular complexity index is 1330. The van der Waals surface area contributed by atoms with Crippen LogP contribution in [-0.4, -0.2) is 72.2 Å². The summed E-state index contributed by atoms with van der Waals surface area (Å²) in [5.74, 6) is 0. The molecule has 0 aliphatic rings. The van der Waals surface area contributed by atoms with Gasteiger partial charge in [0.25, 0.3) is 0 Å². The van der Waals surface area contributed by atoms with Crippen molar-refractivity contribution in [2.45, 2.75) is 87.3 Å². The second kappa shape index (κ2) is 18.4. The van der Waals surface area contributed by atoms with Crippen LogP contribution in [0.3, 0.4) is 0 Å². The first-order valence-electron chi connectivity index (χ1n) is 13.7. The summed E-state index contributed by atoms with van der Waals surface area (Å²) in [6.45, 7) is 15.0. The van der Waals surface area contributed by atoms with Crippen molar-refractivity contribution in [1.82, 2.24) is 29.3 Å². The zero-order valence-corrected chi connectivity index (χ0v) is 27.1. The summed E-state index contributed by atoms with van der Waals surface area (Å²) in [5.41, 5.74) is 4.78. The molecule has 3 aromatic heterocycles. The molecule has 0 unspecified atom stereocenters. The van der Waals surface area contributed by atoms with Gasteiger partial charge in [0.15, 0.2) is 5.69 Å². The summed E-state index contributed by atoms with van der Waals surface area (Å²) < 4.78 is 77.8. The lowest BCUT2D eigenvalue weighted by atomic mass is 10.1. The molecule has 0 radical (unpaired) electrons. The maximum atomic E-state index is 12.2. The second-order valence-electron chi connectivity index (χ2n) is 9.82. The van der Waals surface area contributed by atoms with Crippen molar-refractivity contribution in [3.63, 3.8) is 0 Å². The van der Waals surface area contributed by atoms with Crippen molar-refractivity contribution in [3.05, 3.63) is 63.0 Å². The van der Waals surface area contributed by atoms with Gasteiger partial charge >= 0.3 is 12.4 Å². The van der Waals surface area contributed by atoms with Crippen molar-refractivity contribution in [2.75, 3.05) is 20.3 Å². The van der Waals surface area contributed by atoms with Gasteiger partial charge < -0.3 is 10.2 Å². The van der Waals surface area contributed by atoms with Gasteiger partial charge in [0, 0.05) is 43.5 Å². The average molecular weight is 638 g/mol. The second-order valence-corrected chi connectivity index (χ2v) is 9.82. The van der Waals surface area contributed by atoms with E-state index < -0.39 is 23.6 Å². The molecule has 15 heteroatoms. The molecule has 2 N–H and O–H groups in total. The van der Waals surface area contributed by atoms with E-state index in [0.717, 1.165) is 16.1 Å². The Kier molecular flexibility index (Phi) is 16.9. The normalized spacial score (nSPS) is 12.1. The van der Waals surface area contributed by atoms with Gasteiger partial charge in [-0.3, -0.25) is 19.0 Å². The van der Waals surface area contributed by atoms with Crippen molar-refractivity contribution < 1.29 is 36.6 Å². The minimum absolute atomic E-state index is 0.0125. The monoisotopic (exact) mass is 637 g/mol. The summed E-state index contributed by atoms with van der Waals surface area (Å²) >= 11 is 0. The van der Waals surface area contributed by atoms with Gasteiger partial charge in [0.2, 0.25) is 0 Å². The van der Waals surface area contributed by atoms with Crippen LogP contribution in [0, 0.1) is 41.5 Å². The molecule has 0 spiro atoms. The lowest BCUT2D eigenvalue weighted by molar-refractivity contribution is -0.142. The molecule has 0 aliphatic heterocycles. The molecule has 0 aliphatic carbocycles. The maximum absolute atomic E-state index is 12.2. The summed E-state index contributed by atoms with van der Waals surface area (Å²) in [6, 6.07) is 0. The van der Waals surface area contributed by atoms with E-state index in [4.69, 9.17) is 10.2 Å². The Morgan fingerprint density at radius 3 is 1.77 bits per heavy atom. The van der Waals surface area contributed by atoms with Crippen molar-refractivity contribution >= 4 is 6.21 Å². The number of hydrogen-bond acceptors (Lipinski definition) is 6. The van der Waals surface area contributed by atoms with Crippen LogP contribution in [0.15, 0.2) is 28.5 Å². The highest BCUT2D eigenvalue weighted by atomic mass is 19.4. The molecule has 0 aromatic carbocycles. The molecule has 3 rings (SSSR count). The minimum atomic E-state index is -4.41. The van der Waals surface area contributed by atoms with Gasteiger partial charge in [0.1, 0.15) is 0 Å². The number of hydrogen-bond donors (Lipinski definition) is 2. The Balaban J connectivity index is 0.000000567.